The van der Waals surface area contributed by atoms with Gasteiger partial charge in [-0.3, -0.25) is 9.89 Å². The molecular weight excluding hydrogens is 522 g/mol. The molecular formula is C24H34FIN4O2. The molecule has 0 spiro atoms. The van der Waals surface area contributed by atoms with Crippen LogP contribution in [0, 0.1) is 5.82 Å². The Bertz CT molecular complexity index is 844. The molecule has 0 aromatic heterocycles. The second-order valence-corrected chi connectivity index (χ2v) is 7.70. The van der Waals surface area contributed by atoms with E-state index in [1.165, 1.54) is 30.5 Å². The lowest BCUT2D eigenvalue weighted by molar-refractivity contribution is 0.180. The van der Waals surface area contributed by atoms with Crippen molar-refractivity contribution < 1.29 is 14.2 Å². The summed E-state index contributed by atoms with van der Waals surface area (Å²) in [5.74, 6) is 1.18. The van der Waals surface area contributed by atoms with Gasteiger partial charge in [-0.2, -0.15) is 0 Å². The van der Waals surface area contributed by atoms with E-state index in [9.17, 15) is 9.50 Å². The van der Waals surface area contributed by atoms with E-state index < -0.39 is 6.10 Å². The number of nitrogens with one attached hydrogen (secondary N) is 2. The van der Waals surface area contributed by atoms with E-state index in [-0.39, 0.29) is 42.4 Å². The largest absolute Gasteiger partial charge is 0.497 e. The van der Waals surface area contributed by atoms with Gasteiger partial charge in [-0.15, -0.1) is 24.0 Å². The molecule has 1 aliphatic rings. The normalized spacial score (nSPS) is 16.2. The number of guanidine groups is 1. The molecule has 1 fully saturated rings. The molecule has 0 amide bonds. The molecule has 1 aliphatic heterocycles. The van der Waals surface area contributed by atoms with E-state index in [0.717, 1.165) is 18.8 Å². The number of hydrogen-bond acceptors (Lipinski definition) is 4. The number of nitrogens with zero attached hydrogens (tertiary/aromatic N) is 2. The lowest BCUT2D eigenvalue weighted by Gasteiger charge is -2.27. The highest BCUT2D eigenvalue weighted by atomic mass is 127. The van der Waals surface area contributed by atoms with Crippen LogP contribution in [-0.2, 0) is 0 Å². The van der Waals surface area contributed by atoms with Gasteiger partial charge in [0.2, 0.25) is 0 Å². The number of halogens is 2. The number of rotatable bonds is 9. The van der Waals surface area contributed by atoms with Crippen molar-refractivity contribution in [1.29, 1.82) is 0 Å². The van der Waals surface area contributed by atoms with E-state index in [4.69, 9.17) is 9.73 Å². The van der Waals surface area contributed by atoms with E-state index in [1.54, 1.807) is 19.2 Å². The zero-order chi connectivity index (χ0) is 22.1. The molecule has 1 saturated heterocycles. The third-order valence-corrected chi connectivity index (χ3v) is 5.54. The van der Waals surface area contributed by atoms with Crippen molar-refractivity contribution in [1.82, 2.24) is 15.5 Å². The van der Waals surface area contributed by atoms with Crippen LogP contribution in [0.1, 0.15) is 43.0 Å². The van der Waals surface area contributed by atoms with Crippen molar-refractivity contribution in [3.8, 4) is 5.75 Å². The molecule has 0 bridgehead atoms. The Labute approximate surface area is 207 Å². The predicted octanol–water partition coefficient (Wildman–Crippen LogP) is 3.88. The van der Waals surface area contributed by atoms with Crippen molar-refractivity contribution in [3.05, 3.63) is 65.5 Å². The number of methoxy groups -OCH3 is 1. The Morgan fingerprint density at radius 1 is 1.12 bits per heavy atom. The number of aliphatic hydroxyl groups is 1. The van der Waals surface area contributed by atoms with Crippen LogP contribution in [0.2, 0.25) is 0 Å². The van der Waals surface area contributed by atoms with Gasteiger partial charge in [-0.25, -0.2) is 4.39 Å². The molecule has 32 heavy (non-hydrogen) atoms. The number of benzene rings is 2. The monoisotopic (exact) mass is 556 g/mol. The maximum absolute atomic E-state index is 13.1. The summed E-state index contributed by atoms with van der Waals surface area (Å²) >= 11 is 0. The summed E-state index contributed by atoms with van der Waals surface area (Å²) in [6, 6.07) is 14.2. The Hall–Kier alpha value is -1.91. The zero-order valence-electron chi connectivity index (χ0n) is 18.8. The fourth-order valence-corrected chi connectivity index (χ4v) is 3.85. The zero-order valence-corrected chi connectivity index (χ0v) is 21.1. The third kappa shape index (κ3) is 7.60. The van der Waals surface area contributed by atoms with Gasteiger partial charge in [-0.1, -0.05) is 24.3 Å². The minimum Gasteiger partial charge on any atom is -0.497 e. The molecule has 8 heteroatoms. The maximum Gasteiger partial charge on any atom is 0.191 e. The molecule has 2 aromatic rings. The lowest BCUT2D eigenvalue weighted by Crippen LogP contribution is -2.40. The number of hydrogen-bond donors (Lipinski definition) is 3. The van der Waals surface area contributed by atoms with Gasteiger partial charge in [0.15, 0.2) is 5.96 Å². The van der Waals surface area contributed by atoms with Crippen molar-refractivity contribution in [2.24, 2.45) is 4.99 Å². The summed E-state index contributed by atoms with van der Waals surface area (Å²) in [5.41, 5.74) is 1.85. The minimum absolute atomic E-state index is 0. The smallest absolute Gasteiger partial charge is 0.191 e. The first-order chi connectivity index (χ1) is 15.1. The van der Waals surface area contributed by atoms with Crippen LogP contribution < -0.4 is 15.4 Å². The van der Waals surface area contributed by atoms with Crippen molar-refractivity contribution in [2.45, 2.75) is 31.9 Å². The maximum atomic E-state index is 13.1. The topological polar surface area (TPSA) is 69.1 Å². The Morgan fingerprint density at radius 3 is 2.50 bits per heavy atom. The highest BCUT2D eigenvalue weighted by Gasteiger charge is 2.24. The van der Waals surface area contributed by atoms with Gasteiger partial charge in [0.25, 0.3) is 0 Å². The van der Waals surface area contributed by atoms with E-state index in [0.29, 0.717) is 24.6 Å². The number of aliphatic imine (C=N–C) groups is 1. The highest BCUT2D eigenvalue weighted by molar-refractivity contribution is 14.0. The average Bonchev–Trinajstić information content (AvgIpc) is 3.32. The number of aliphatic hydroxyl groups excluding tert-OH is 1. The summed E-state index contributed by atoms with van der Waals surface area (Å²) in [7, 11) is 1.68. The summed E-state index contributed by atoms with van der Waals surface area (Å²) < 4.78 is 18.5. The molecule has 1 heterocycles. The van der Waals surface area contributed by atoms with Crippen LogP contribution in [-0.4, -0.2) is 55.8 Å². The van der Waals surface area contributed by atoms with Crippen LogP contribution >= 0.6 is 24.0 Å². The molecule has 2 atom stereocenters. The van der Waals surface area contributed by atoms with Crippen molar-refractivity contribution >= 4 is 29.9 Å². The second kappa shape index (κ2) is 13.6. The molecule has 6 nitrogen and oxygen atoms in total. The van der Waals surface area contributed by atoms with Crippen LogP contribution in [0.4, 0.5) is 4.39 Å². The number of likely N-dealkylation sites (tertiary alicyclic amines) is 1. The first-order valence-corrected chi connectivity index (χ1v) is 10.9. The summed E-state index contributed by atoms with van der Waals surface area (Å²) in [4.78, 5) is 7.28. The lowest BCUT2D eigenvalue weighted by atomic mass is 10.1. The fraction of sp³-hybridized carbons (Fsp3) is 0.458. The molecule has 2 aromatic carbocycles. The summed E-state index contributed by atoms with van der Waals surface area (Å²) in [6.45, 7) is 5.72. The van der Waals surface area contributed by atoms with Crippen molar-refractivity contribution in [3.63, 3.8) is 0 Å². The van der Waals surface area contributed by atoms with E-state index in [2.05, 4.69) is 27.7 Å². The van der Waals surface area contributed by atoms with Crippen LogP contribution in [0.5, 0.6) is 5.75 Å². The molecule has 0 radical (unpaired) electrons. The quantitative estimate of drug-likeness (QED) is 0.249. The van der Waals surface area contributed by atoms with E-state index in [1.807, 2.05) is 19.1 Å². The first-order valence-electron chi connectivity index (χ1n) is 10.9. The average molecular weight is 556 g/mol. The van der Waals surface area contributed by atoms with Gasteiger partial charge in [0.1, 0.15) is 11.6 Å². The predicted molar refractivity (Wildman–Crippen MR) is 137 cm³/mol. The Morgan fingerprint density at radius 2 is 1.84 bits per heavy atom. The molecule has 2 unspecified atom stereocenters. The van der Waals surface area contributed by atoms with Crippen LogP contribution in [0.15, 0.2) is 53.5 Å². The standard InChI is InChI=1S/C24H33FN4O2.HI/c1-3-26-24(28-17-23(30)18-9-11-20(25)12-10-18)27-16-22(29-13-4-5-14-29)19-7-6-8-21(15-19)31-2;/h6-12,15,22-23,30H,3-5,13-14,16-17H2,1-2H3,(H2,26,27,28);1H. The second-order valence-electron chi connectivity index (χ2n) is 7.70. The van der Waals surface area contributed by atoms with E-state index >= 15 is 0 Å². The molecule has 0 aliphatic carbocycles. The highest BCUT2D eigenvalue weighted by Crippen LogP contribution is 2.28. The van der Waals surface area contributed by atoms with Gasteiger partial charge < -0.3 is 20.5 Å². The van der Waals surface area contributed by atoms with Crippen LogP contribution in [0.3, 0.4) is 0 Å². The van der Waals surface area contributed by atoms with Crippen molar-refractivity contribution in [2.75, 3.05) is 39.8 Å². The SMILES string of the molecule is CCNC(=NCC(c1cccc(OC)c1)N1CCCC1)NCC(O)c1ccc(F)cc1.I. The first kappa shape index (κ1) is 26.3. The molecule has 3 rings (SSSR count). The molecule has 176 valence electrons. The van der Waals surface area contributed by atoms with Gasteiger partial charge in [0.05, 0.1) is 25.8 Å². The van der Waals surface area contributed by atoms with Gasteiger partial charge in [0, 0.05) is 13.1 Å². The number of ether oxygens (including phenoxy) is 1. The van der Waals surface area contributed by atoms with Gasteiger partial charge in [-0.05, 0) is 68.2 Å². The fourth-order valence-electron chi connectivity index (χ4n) is 3.85. The molecule has 0 saturated carbocycles. The van der Waals surface area contributed by atoms with Crippen LogP contribution in [0.25, 0.3) is 0 Å². The molecule has 3 N–H and O–H groups in total. The summed E-state index contributed by atoms with van der Waals surface area (Å²) in [6.07, 6.45) is 1.65. The Balaban J connectivity index is 0.00000363. The minimum atomic E-state index is -0.753. The third-order valence-electron chi connectivity index (χ3n) is 5.54. The van der Waals surface area contributed by atoms with Gasteiger partial charge >= 0.3 is 0 Å². The Kier molecular flexibility index (Phi) is 11.2. The summed E-state index contributed by atoms with van der Waals surface area (Å²) in [5, 5.41) is 16.9.